The molecular formula is C20H34IN5O2. The SMILES string of the molecule is CCNC(=NCc1ccc(N2CCCC2)nc1)NCCCOC1CCOC1.I. The lowest BCUT2D eigenvalue weighted by Gasteiger charge is -2.16. The minimum Gasteiger partial charge on any atom is -0.379 e. The maximum atomic E-state index is 5.79. The standard InChI is InChI=1S/C20H33N5O2.HI/c1-2-21-20(22-9-5-12-27-18-8-13-26-16-18)24-15-17-6-7-19(23-14-17)25-10-3-4-11-25;/h6-7,14,18H,2-5,8-13,15-16H2,1H3,(H2,21,22,24);1H. The van der Waals surface area contributed by atoms with Gasteiger partial charge in [0.05, 0.1) is 19.3 Å². The van der Waals surface area contributed by atoms with Gasteiger partial charge < -0.3 is 25.0 Å². The molecule has 1 aromatic rings. The zero-order valence-electron chi connectivity index (χ0n) is 16.9. The van der Waals surface area contributed by atoms with Crippen LogP contribution in [0.5, 0.6) is 0 Å². The average Bonchev–Trinajstić information content (AvgIpc) is 3.40. The highest BCUT2D eigenvalue weighted by Gasteiger charge is 2.15. The van der Waals surface area contributed by atoms with Crippen LogP contribution in [0.1, 0.15) is 38.2 Å². The molecule has 1 atom stereocenters. The van der Waals surface area contributed by atoms with Gasteiger partial charge in [0, 0.05) is 45.6 Å². The summed E-state index contributed by atoms with van der Waals surface area (Å²) in [7, 11) is 0. The van der Waals surface area contributed by atoms with E-state index >= 15 is 0 Å². The third-order valence-electron chi connectivity index (χ3n) is 4.86. The van der Waals surface area contributed by atoms with Crippen LogP contribution in [0.2, 0.25) is 0 Å². The predicted molar refractivity (Wildman–Crippen MR) is 124 cm³/mol. The number of pyridine rings is 1. The Morgan fingerprint density at radius 1 is 1.32 bits per heavy atom. The van der Waals surface area contributed by atoms with Gasteiger partial charge in [0.25, 0.3) is 0 Å². The van der Waals surface area contributed by atoms with Crippen molar-refractivity contribution in [3.05, 3.63) is 23.9 Å². The van der Waals surface area contributed by atoms with Gasteiger partial charge in [-0.1, -0.05) is 6.07 Å². The molecule has 2 aliphatic heterocycles. The summed E-state index contributed by atoms with van der Waals surface area (Å²) < 4.78 is 11.1. The lowest BCUT2D eigenvalue weighted by molar-refractivity contribution is 0.0420. The number of ether oxygens (including phenoxy) is 2. The third kappa shape index (κ3) is 7.71. The molecule has 1 unspecified atom stereocenters. The molecule has 0 aliphatic carbocycles. The maximum Gasteiger partial charge on any atom is 0.191 e. The molecule has 2 saturated heterocycles. The molecule has 28 heavy (non-hydrogen) atoms. The summed E-state index contributed by atoms with van der Waals surface area (Å²) >= 11 is 0. The molecule has 8 heteroatoms. The highest BCUT2D eigenvalue weighted by atomic mass is 127. The van der Waals surface area contributed by atoms with Gasteiger partial charge in [-0.15, -0.1) is 24.0 Å². The average molecular weight is 503 g/mol. The van der Waals surface area contributed by atoms with E-state index in [0.717, 1.165) is 76.2 Å². The number of nitrogens with one attached hydrogen (secondary N) is 2. The van der Waals surface area contributed by atoms with E-state index in [4.69, 9.17) is 9.47 Å². The number of guanidine groups is 1. The monoisotopic (exact) mass is 503 g/mol. The van der Waals surface area contributed by atoms with Crippen molar-refractivity contribution in [3.8, 4) is 0 Å². The van der Waals surface area contributed by atoms with Gasteiger partial charge in [-0.3, -0.25) is 0 Å². The van der Waals surface area contributed by atoms with Crippen molar-refractivity contribution in [3.63, 3.8) is 0 Å². The normalized spacial score (nSPS) is 19.5. The first-order chi connectivity index (χ1) is 13.3. The summed E-state index contributed by atoms with van der Waals surface area (Å²) in [5.74, 6) is 1.92. The topological polar surface area (TPSA) is 71.0 Å². The summed E-state index contributed by atoms with van der Waals surface area (Å²) in [4.78, 5) is 11.6. The lowest BCUT2D eigenvalue weighted by Crippen LogP contribution is -2.38. The second kappa shape index (κ2) is 13.2. The van der Waals surface area contributed by atoms with Crippen LogP contribution >= 0.6 is 24.0 Å². The number of anilines is 1. The van der Waals surface area contributed by atoms with Gasteiger partial charge in [0.15, 0.2) is 5.96 Å². The van der Waals surface area contributed by atoms with E-state index in [1.54, 1.807) is 0 Å². The largest absolute Gasteiger partial charge is 0.379 e. The van der Waals surface area contributed by atoms with Crippen LogP contribution in [-0.2, 0) is 16.0 Å². The molecule has 0 radical (unpaired) electrons. The summed E-state index contributed by atoms with van der Waals surface area (Å²) in [5, 5.41) is 6.66. The van der Waals surface area contributed by atoms with Crippen molar-refractivity contribution in [2.75, 3.05) is 50.9 Å². The predicted octanol–water partition coefficient (Wildman–Crippen LogP) is 2.55. The smallest absolute Gasteiger partial charge is 0.191 e. The fourth-order valence-electron chi connectivity index (χ4n) is 3.33. The van der Waals surface area contributed by atoms with Crippen molar-refractivity contribution in [1.82, 2.24) is 15.6 Å². The van der Waals surface area contributed by atoms with E-state index in [-0.39, 0.29) is 30.1 Å². The quantitative estimate of drug-likeness (QED) is 0.234. The highest BCUT2D eigenvalue weighted by molar-refractivity contribution is 14.0. The van der Waals surface area contributed by atoms with Crippen LogP contribution in [0.4, 0.5) is 5.82 Å². The van der Waals surface area contributed by atoms with Crippen LogP contribution in [0.25, 0.3) is 0 Å². The van der Waals surface area contributed by atoms with Gasteiger partial charge in [-0.2, -0.15) is 0 Å². The number of halogens is 1. The summed E-state index contributed by atoms with van der Waals surface area (Å²) in [6.07, 6.45) is 6.73. The van der Waals surface area contributed by atoms with Crippen molar-refractivity contribution >= 4 is 35.8 Å². The molecule has 158 valence electrons. The molecule has 3 heterocycles. The number of hydrogen-bond donors (Lipinski definition) is 2. The Balaban J connectivity index is 0.00000280. The Hall–Kier alpha value is -1.13. The Labute approximate surface area is 185 Å². The van der Waals surface area contributed by atoms with Gasteiger partial charge in [0.1, 0.15) is 5.82 Å². The fourth-order valence-corrected chi connectivity index (χ4v) is 3.33. The molecule has 0 saturated carbocycles. The molecule has 1 aromatic heterocycles. The van der Waals surface area contributed by atoms with Gasteiger partial charge in [-0.05, 0) is 44.2 Å². The first-order valence-electron chi connectivity index (χ1n) is 10.3. The Kier molecular flexibility index (Phi) is 10.9. The van der Waals surface area contributed by atoms with Crippen LogP contribution in [0.3, 0.4) is 0 Å². The molecule has 2 N–H and O–H groups in total. The van der Waals surface area contributed by atoms with Crippen molar-refractivity contribution in [1.29, 1.82) is 0 Å². The van der Waals surface area contributed by atoms with E-state index in [1.807, 2.05) is 6.20 Å². The zero-order chi connectivity index (χ0) is 18.7. The molecule has 0 aromatic carbocycles. The van der Waals surface area contributed by atoms with Gasteiger partial charge >= 0.3 is 0 Å². The van der Waals surface area contributed by atoms with E-state index in [2.05, 4.69) is 44.6 Å². The summed E-state index contributed by atoms with van der Waals surface area (Å²) in [6.45, 7) is 8.94. The Bertz CT molecular complexity index is 572. The number of hydrogen-bond acceptors (Lipinski definition) is 5. The minimum absolute atomic E-state index is 0. The molecule has 2 fully saturated rings. The van der Waals surface area contributed by atoms with Crippen LogP contribution in [-0.4, -0.2) is 63.0 Å². The molecule has 2 aliphatic rings. The molecule has 0 bridgehead atoms. The number of aliphatic imine (C=N–C) groups is 1. The molecular weight excluding hydrogens is 469 g/mol. The van der Waals surface area contributed by atoms with E-state index < -0.39 is 0 Å². The Morgan fingerprint density at radius 2 is 2.18 bits per heavy atom. The molecule has 0 amide bonds. The van der Waals surface area contributed by atoms with E-state index in [0.29, 0.717) is 6.54 Å². The Morgan fingerprint density at radius 3 is 2.86 bits per heavy atom. The van der Waals surface area contributed by atoms with Crippen molar-refractivity contribution < 1.29 is 9.47 Å². The lowest BCUT2D eigenvalue weighted by atomic mass is 10.3. The second-order valence-corrected chi connectivity index (χ2v) is 7.05. The number of rotatable bonds is 9. The first-order valence-corrected chi connectivity index (χ1v) is 10.3. The zero-order valence-corrected chi connectivity index (χ0v) is 19.2. The van der Waals surface area contributed by atoms with Gasteiger partial charge in [-0.25, -0.2) is 9.98 Å². The maximum absolute atomic E-state index is 5.79. The number of nitrogens with zero attached hydrogens (tertiary/aromatic N) is 3. The van der Waals surface area contributed by atoms with Crippen LogP contribution < -0.4 is 15.5 Å². The number of aromatic nitrogens is 1. The highest BCUT2D eigenvalue weighted by Crippen LogP contribution is 2.17. The molecule has 3 rings (SSSR count). The fraction of sp³-hybridized carbons (Fsp3) is 0.700. The molecule has 7 nitrogen and oxygen atoms in total. The van der Waals surface area contributed by atoms with E-state index in [9.17, 15) is 0 Å². The third-order valence-corrected chi connectivity index (χ3v) is 4.86. The summed E-state index contributed by atoms with van der Waals surface area (Å²) in [6, 6.07) is 4.24. The van der Waals surface area contributed by atoms with E-state index in [1.165, 1.54) is 12.8 Å². The van der Waals surface area contributed by atoms with Crippen molar-refractivity contribution in [2.45, 2.75) is 45.3 Å². The van der Waals surface area contributed by atoms with Crippen LogP contribution in [0, 0.1) is 0 Å². The first kappa shape index (κ1) is 23.2. The minimum atomic E-state index is 0. The van der Waals surface area contributed by atoms with Crippen LogP contribution in [0.15, 0.2) is 23.3 Å². The second-order valence-electron chi connectivity index (χ2n) is 7.05. The van der Waals surface area contributed by atoms with Crippen molar-refractivity contribution in [2.24, 2.45) is 4.99 Å². The van der Waals surface area contributed by atoms with Gasteiger partial charge in [0.2, 0.25) is 0 Å². The molecule has 0 spiro atoms. The summed E-state index contributed by atoms with van der Waals surface area (Å²) in [5.41, 5.74) is 1.12.